The molecule has 0 aliphatic carbocycles. The molecule has 0 fully saturated rings. The Hall–Kier alpha value is -3.17. The zero-order chi connectivity index (χ0) is 21.3. The Morgan fingerprint density at radius 1 is 1.23 bits per heavy atom. The van der Waals surface area contributed by atoms with Crippen molar-refractivity contribution in [3.05, 3.63) is 81.7 Å². The zero-order valence-electron chi connectivity index (χ0n) is 15.7. The van der Waals surface area contributed by atoms with Crippen molar-refractivity contribution >= 4 is 40.6 Å². The largest absolute Gasteiger partial charge is 0.350 e. The van der Waals surface area contributed by atoms with Crippen LogP contribution in [0.4, 0.5) is 10.1 Å². The van der Waals surface area contributed by atoms with Crippen molar-refractivity contribution in [3.8, 4) is 0 Å². The van der Waals surface area contributed by atoms with Gasteiger partial charge in [0.1, 0.15) is 17.4 Å². The van der Waals surface area contributed by atoms with Gasteiger partial charge in [-0.3, -0.25) is 4.79 Å². The predicted octanol–water partition coefficient (Wildman–Crippen LogP) is 3.78. The highest BCUT2D eigenvalue weighted by Crippen LogP contribution is 2.28. The molecule has 7 nitrogen and oxygen atoms in total. The highest BCUT2D eigenvalue weighted by atomic mass is 35.5. The summed E-state index contributed by atoms with van der Waals surface area (Å²) in [5, 5.41) is 7.28. The number of nitrogens with zero attached hydrogens (tertiary/aromatic N) is 4. The highest BCUT2D eigenvalue weighted by molar-refractivity contribution is 7.99. The fourth-order valence-corrected chi connectivity index (χ4v) is 3.75. The molecule has 1 amide bonds. The molecule has 0 spiro atoms. The first-order valence-corrected chi connectivity index (χ1v) is 10.0. The third-order valence-corrected chi connectivity index (χ3v) is 5.48. The van der Waals surface area contributed by atoms with Crippen LogP contribution >= 0.6 is 23.4 Å². The van der Waals surface area contributed by atoms with Crippen molar-refractivity contribution in [1.82, 2.24) is 19.2 Å². The van der Waals surface area contributed by atoms with Gasteiger partial charge in [0.15, 0.2) is 5.65 Å². The van der Waals surface area contributed by atoms with E-state index in [1.165, 1.54) is 40.7 Å². The first-order valence-electron chi connectivity index (χ1n) is 8.84. The Kier molecular flexibility index (Phi) is 5.56. The van der Waals surface area contributed by atoms with E-state index in [-0.39, 0.29) is 11.6 Å². The van der Waals surface area contributed by atoms with E-state index in [1.807, 2.05) is 31.2 Å². The summed E-state index contributed by atoms with van der Waals surface area (Å²) in [6, 6.07) is 11.7. The Morgan fingerprint density at radius 3 is 2.73 bits per heavy atom. The monoisotopic (exact) mass is 443 g/mol. The fraction of sp³-hybridized carbons (Fsp3) is 0.100. The number of carbonyl (C=O) groups excluding carboxylic acids is 1. The number of rotatable bonds is 5. The molecule has 1 N–H and O–H groups in total. The first-order chi connectivity index (χ1) is 14.4. The Bertz CT molecular complexity index is 1300. The normalized spacial score (nSPS) is 11.0. The average molecular weight is 444 g/mol. The maximum Gasteiger partial charge on any atom is 0.350 e. The minimum Gasteiger partial charge on any atom is -0.324 e. The van der Waals surface area contributed by atoms with Crippen LogP contribution in [-0.4, -0.2) is 25.1 Å². The molecule has 4 rings (SSSR count). The second-order valence-corrected chi connectivity index (χ2v) is 7.93. The van der Waals surface area contributed by atoms with Gasteiger partial charge >= 0.3 is 5.69 Å². The predicted molar refractivity (Wildman–Crippen MR) is 113 cm³/mol. The zero-order valence-corrected chi connectivity index (χ0v) is 17.2. The SMILES string of the molecule is Cc1ccc(Sc2nccn3c(=O)n(CC(=O)Nc4ccc(F)c(Cl)c4)nc23)cc1. The van der Waals surface area contributed by atoms with Gasteiger partial charge in [-0.05, 0) is 37.3 Å². The van der Waals surface area contributed by atoms with Crippen molar-refractivity contribution in [2.24, 2.45) is 0 Å². The smallest absolute Gasteiger partial charge is 0.324 e. The molecular formula is C20H15ClFN5O2S. The summed E-state index contributed by atoms with van der Waals surface area (Å²) in [5.74, 6) is -1.08. The van der Waals surface area contributed by atoms with Crippen molar-refractivity contribution < 1.29 is 9.18 Å². The maximum absolute atomic E-state index is 13.3. The molecule has 0 aliphatic rings. The fourth-order valence-electron chi connectivity index (χ4n) is 2.73. The lowest BCUT2D eigenvalue weighted by Gasteiger charge is -2.05. The summed E-state index contributed by atoms with van der Waals surface area (Å²) in [6.07, 6.45) is 3.01. The quantitative estimate of drug-likeness (QED) is 0.507. The topological polar surface area (TPSA) is 81.3 Å². The summed E-state index contributed by atoms with van der Waals surface area (Å²) in [4.78, 5) is 30.3. The molecule has 4 aromatic rings. The number of hydrogen-bond acceptors (Lipinski definition) is 5. The van der Waals surface area contributed by atoms with Gasteiger partial charge < -0.3 is 5.32 Å². The van der Waals surface area contributed by atoms with Gasteiger partial charge in [0.2, 0.25) is 5.91 Å². The molecule has 0 bridgehead atoms. The lowest BCUT2D eigenvalue weighted by molar-refractivity contribution is -0.117. The number of benzene rings is 2. The van der Waals surface area contributed by atoms with Crippen LogP contribution in [0.5, 0.6) is 0 Å². The molecule has 2 aromatic heterocycles. The van der Waals surface area contributed by atoms with Gasteiger partial charge in [0.25, 0.3) is 0 Å². The van der Waals surface area contributed by atoms with Crippen molar-refractivity contribution in [2.75, 3.05) is 5.32 Å². The van der Waals surface area contributed by atoms with E-state index in [4.69, 9.17) is 11.6 Å². The van der Waals surface area contributed by atoms with Crippen LogP contribution < -0.4 is 11.0 Å². The van der Waals surface area contributed by atoms with Crippen LogP contribution in [0.15, 0.2) is 69.6 Å². The van der Waals surface area contributed by atoms with Crippen molar-refractivity contribution in [2.45, 2.75) is 23.4 Å². The van der Waals surface area contributed by atoms with Gasteiger partial charge in [-0.15, -0.1) is 5.10 Å². The number of carbonyl (C=O) groups is 1. The standard InChI is InChI=1S/C20H15ClFN5O2S/c1-12-2-5-14(6-3-12)30-19-18-25-27(20(29)26(18)9-8-23-19)11-17(28)24-13-4-7-16(22)15(21)10-13/h2-10H,11H2,1H3,(H,24,28). The van der Waals surface area contributed by atoms with Gasteiger partial charge in [-0.25, -0.2) is 23.3 Å². The number of aryl methyl sites for hydroxylation is 1. The summed E-state index contributed by atoms with van der Waals surface area (Å²) >= 11 is 7.10. The number of aromatic nitrogens is 4. The second kappa shape index (κ2) is 8.29. The third-order valence-electron chi connectivity index (χ3n) is 4.20. The second-order valence-electron chi connectivity index (χ2n) is 6.46. The van der Waals surface area contributed by atoms with E-state index in [0.717, 1.165) is 21.2 Å². The Morgan fingerprint density at radius 2 is 2.00 bits per heavy atom. The van der Waals surface area contributed by atoms with Crippen molar-refractivity contribution in [3.63, 3.8) is 0 Å². The number of nitrogens with one attached hydrogen (secondary N) is 1. The molecule has 0 unspecified atom stereocenters. The molecule has 0 aliphatic heterocycles. The van der Waals surface area contributed by atoms with E-state index < -0.39 is 17.4 Å². The molecule has 10 heteroatoms. The molecule has 152 valence electrons. The number of hydrogen-bond donors (Lipinski definition) is 1. The minimum atomic E-state index is -0.586. The Labute approximate surface area is 179 Å². The van der Waals surface area contributed by atoms with Gasteiger partial charge in [0.05, 0.1) is 5.02 Å². The van der Waals surface area contributed by atoms with Crippen molar-refractivity contribution in [1.29, 1.82) is 0 Å². The number of fused-ring (bicyclic) bond motifs is 1. The summed E-state index contributed by atoms with van der Waals surface area (Å²) in [7, 11) is 0. The van der Waals surface area contributed by atoms with E-state index in [9.17, 15) is 14.0 Å². The minimum absolute atomic E-state index is 0.110. The molecule has 0 saturated carbocycles. The Balaban J connectivity index is 1.58. The molecular weight excluding hydrogens is 429 g/mol. The molecule has 0 saturated heterocycles. The van der Waals surface area contributed by atoms with Crippen LogP contribution in [-0.2, 0) is 11.3 Å². The molecule has 0 atom stereocenters. The number of anilines is 1. The molecule has 2 heterocycles. The number of halogens is 2. The lowest BCUT2D eigenvalue weighted by Crippen LogP contribution is -2.28. The highest BCUT2D eigenvalue weighted by Gasteiger charge is 2.15. The number of amides is 1. The first kappa shape index (κ1) is 20.1. The van der Waals surface area contributed by atoms with Crippen LogP contribution in [0.3, 0.4) is 0 Å². The van der Waals surface area contributed by atoms with Crippen LogP contribution in [0, 0.1) is 12.7 Å². The van der Waals surface area contributed by atoms with Crippen LogP contribution in [0.25, 0.3) is 5.65 Å². The molecule has 0 radical (unpaired) electrons. The van der Waals surface area contributed by atoms with Crippen LogP contribution in [0.1, 0.15) is 5.56 Å². The van der Waals surface area contributed by atoms with Crippen LogP contribution in [0.2, 0.25) is 5.02 Å². The van der Waals surface area contributed by atoms with Gasteiger partial charge in [0, 0.05) is 23.0 Å². The lowest BCUT2D eigenvalue weighted by atomic mass is 10.2. The van der Waals surface area contributed by atoms with E-state index >= 15 is 0 Å². The summed E-state index contributed by atoms with van der Waals surface area (Å²) in [6.45, 7) is 1.68. The van der Waals surface area contributed by atoms with Gasteiger partial charge in [-0.2, -0.15) is 0 Å². The summed E-state index contributed by atoms with van der Waals surface area (Å²) < 4.78 is 15.6. The average Bonchev–Trinajstić information content (AvgIpc) is 3.03. The van der Waals surface area contributed by atoms with E-state index in [1.54, 1.807) is 0 Å². The van der Waals surface area contributed by atoms with Gasteiger partial charge in [-0.1, -0.05) is 41.1 Å². The molecule has 2 aromatic carbocycles. The van der Waals surface area contributed by atoms with E-state index in [2.05, 4.69) is 15.4 Å². The maximum atomic E-state index is 13.3. The molecule has 30 heavy (non-hydrogen) atoms. The summed E-state index contributed by atoms with van der Waals surface area (Å²) in [5.41, 5.74) is 1.34. The third kappa shape index (κ3) is 4.22. The van der Waals surface area contributed by atoms with E-state index in [0.29, 0.717) is 16.4 Å².